The topological polar surface area (TPSA) is 241 Å². The van der Waals surface area contributed by atoms with Crippen molar-refractivity contribution in [3.8, 4) is 0 Å². The molecule has 0 amide bonds. The normalized spacial score (nSPS) is 6.60. The van der Waals surface area contributed by atoms with Crippen molar-refractivity contribution in [2.75, 3.05) is 0 Å². The molecule has 20 heavy (non-hydrogen) atoms. The van der Waals surface area contributed by atoms with Crippen molar-refractivity contribution in [3.63, 3.8) is 0 Å². The van der Waals surface area contributed by atoms with Gasteiger partial charge >= 0.3 is 0 Å². The Labute approximate surface area is 124 Å². The molecule has 0 aromatic rings. The standard InChI is InChI=1S/3C2H2O4.2Am/c3*3-1(4)2(5)6;;/h3*(H,3,4)(H,5,6);;/p-6. The van der Waals surface area contributed by atoms with Gasteiger partial charge in [0.2, 0.25) is 0 Å². The van der Waals surface area contributed by atoms with E-state index in [-0.39, 0.29) is 28.6 Å². The average molecular weight is 750 g/mol. The molecule has 0 saturated carbocycles. The van der Waals surface area contributed by atoms with Crippen molar-refractivity contribution in [1.82, 2.24) is 0 Å². The van der Waals surface area contributed by atoms with E-state index in [1.807, 2.05) is 0 Å². The molecule has 0 rings (SSSR count). The molecule has 0 saturated heterocycles. The van der Waals surface area contributed by atoms with Crippen molar-refractivity contribution < 1.29 is 88.0 Å². The van der Waals surface area contributed by atoms with Crippen LogP contribution in [0, 0.1) is 28.6 Å². The van der Waals surface area contributed by atoms with E-state index in [0.717, 1.165) is 0 Å². The number of rotatable bonds is 0. The molecule has 116 valence electrons. The quantitative estimate of drug-likeness (QED) is 0.210. The summed E-state index contributed by atoms with van der Waals surface area (Å²) in [6, 6.07) is 0. The fourth-order valence-corrected chi connectivity index (χ4v) is 0. The third kappa shape index (κ3) is 36.1. The van der Waals surface area contributed by atoms with E-state index in [0.29, 0.717) is 0 Å². The van der Waals surface area contributed by atoms with E-state index in [1.54, 1.807) is 0 Å². The van der Waals surface area contributed by atoms with Gasteiger partial charge in [0.05, 0.1) is 35.8 Å². The van der Waals surface area contributed by atoms with E-state index in [9.17, 15) is 0 Å². The minimum Gasteiger partial charge on any atom is -0.543 e. The fraction of sp³-hybridized carbons (Fsp3) is 0. The number of carboxylic acids is 6. The van der Waals surface area contributed by atoms with Crippen LogP contribution in [0.5, 0.6) is 0 Å². The first-order valence-corrected chi connectivity index (χ1v) is 3.20. The van der Waals surface area contributed by atoms with Crippen molar-refractivity contribution in [3.05, 3.63) is 0 Å². The van der Waals surface area contributed by atoms with E-state index in [4.69, 9.17) is 59.4 Å². The minimum atomic E-state index is -2.19. The van der Waals surface area contributed by atoms with Crippen molar-refractivity contribution in [1.29, 1.82) is 0 Å². The van der Waals surface area contributed by atoms with Crippen LogP contribution >= 0.6 is 0 Å². The number of carbonyl (C=O) groups excluding carboxylic acids is 6. The summed E-state index contributed by atoms with van der Waals surface area (Å²) in [5.41, 5.74) is 0. The second-order valence-electron chi connectivity index (χ2n) is 1.72. The molecule has 0 atom stereocenters. The average Bonchev–Trinajstić information content (AvgIpc) is 2.18. The van der Waals surface area contributed by atoms with E-state index in [2.05, 4.69) is 0 Å². The molecule has 0 aliphatic carbocycles. The zero-order valence-corrected chi connectivity index (χ0v) is 14.9. The molecule has 2 radical (unpaired) electrons. The molecule has 0 aliphatic heterocycles. The molecule has 0 bridgehead atoms. The van der Waals surface area contributed by atoms with Gasteiger partial charge in [0.25, 0.3) is 0 Å². The number of carbonyl (C=O) groups is 6. The second kappa shape index (κ2) is 16.6. The van der Waals surface area contributed by atoms with E-state index >= 15 is 0 Å². The Bertz CT molecular complexity index is 281. The minimum absolute atomic E-state index is 0. The molecule has 0 spiro atoms. The zero-order valence-electron chi connectivity index (χ0n) is 8.65. The van der Waals surface area contributed by atoms with Crippen LogP contribution in [0.1, 0.15) is 0 Å². The van der Waals surface area contributed by atoms with Crippen molar-refractivity contribution in [2.24, 2.45) is 0 Å². The SMILES string of the molecule is O=C([O-])C(=O)[O-].O=C([O-])C(=O)[O-].O=C([O-])C(=O)[O-].[Am].[Am]. The second-order valence-corrected chi connectivity index (χ2v) is 1.72. The first-order chi connectivity index (χ1) is 7.93. The van der Waals surface area contributed by atoms with E-state index < -0.39 is 35.8 Å². The third-order valence-electron chi connectivity index (χ3n) is 0.500. The summed E-state index contributed by atoms with van der Waals surface area (Å²) in [5, 5.41) is 53.6. The molecular weight excluding hydrogens is 750 g/mol. The number of aliphatic carboxylic acids is 6. The Balaban J connectivity index is -0.0000000536. The first-order valence-electron chi connectivity index (χ1n) is 3.20. The van der Waals surface area contributed by atoms with Gasteiger partial charge in [-0.2, -0.15) is 0 Å². The number of hydrogen-bond acceptors (Lipinski definition) is 12. The maximum absolute atomic E-state index is 8.93. The van der Waals surface area contributed by atoms with Gasteiger partial charge < -0.3 is 59.4 Å². The molecule has 12 nitrogen and oxygen atoms in total. The van der Waals surface area contributed by atoms with Crippen LogP contribution in [-0.2, 0) is 28.8 Å². The van der Waals surface area contributed by atoms with Gasteiger partial charge in [-0.05, 0) is 0 Å². The Kier molecular flexibility index (Phi) is 25.4. The van der Waals surface area contributed by atoms with Gasteiger partial charge in [-0.15, -0.1) is 0 Å². The van der Waals surface area contributed by atoms with Crippen molar-refractivity contribution in [2.45, 2.75) is 0 Å². The molecule has 0 aromatic carbocycles. The van der Waals surface area contributed by atoms with E-state index in [1.165, 1.54) is 0 Å². The summed E-state index contributed by atoms with van der Waals surface area (Å²) in [7, 11) is 0. The van der Waals surface area contributed by atoms with Gasteiger partial charge in [0.1, 0.15) is 0 Å². The third-order valence-corrected chi connectivity index (χ3v) is 0.500. The summed E-state index contributed by atoms with van der Waals surface area (Å²) < 4.78 is 0. The van der Waals surface area contributed by atoms with Gasteiger partial charge in [-0.1, -0.05) is 0 Å². The summed E-state index contributed by atoms with van der Waals surface area (Å²) in [5.74, 6) is -13.1. The van der Waals surface area contributed by atoms with Gasteiger partial charge in [0, 0.05) is 28.6 Å². The Morgan fingerprint density at radius 2 is 0.400 bits per heavy atom. The number of hydrogen-bond donors (Lipinski definition) is 0. The predicted molar refractivity (Wildman–Crippen MR) is 30.0 cm³/mol. The molecule has 0 unspecified atom stereocenters. The fourth-order valence-electron chi connectivity index (χ4n) is 0. The maximum atomic E-state index is 8.93. The summed E-state index contributed by atoms with van der Waals surface area (Å²) >= 11 is 0. The first kappa shape index (κ1) is 30.5. The van der Waals surface area contributed by atoms with Crippen LogP contribution in [0.4, 0.5) is 0 Å². The molecule has 0 aromatic heterocycles. The molecule has 14 heteroatoms. The summed E-state index contributed by atoms with van der Waals surface area (Å²) in [6.45, 7) is 0. The molecule has 0 heterocycles. The van der Waals surface area contributed by atoms with Crippen LogP contribution in [0.2, 0.25) is 0 Å². The van der Waals surface area contributed by atoms with Crippen molar-refractivity contribution >= 4 is 35.8 Å². The molecule has 0 aliphatic rings. The van der Waals surface area contributed by atoms with Gasteiger partial charge in [-0.3, -0.25) is 0 Å². The van der Waals surface area contributed by atoms with Crippen LogP contribution < -0.4 is 30.6 Å². The Hall–Kier alpha value is -2.40. The zero-order chi connectivity index (χ0) is 15.5. The van der Waals surface area contributed by atoms with Gasteiger partial charge in [-0.25, -0.2) is 0 Å². The van der Waals surface area contributed by atoms with Crippen LogP contribution in [-0.4, -0.2) is 35.8 Å². The summed E-state index contributed by atoms with van der Waals surface area (Å²) in [6.07, 6.45) is 0. The van der Waals surface area contributed by atoms with Crippen LogP contribution in [0.15, 0.2) is 0 Å². The molecular formula is C6Am2O12-6. The molecule has 0 fully saturated rings. The molecule has 0 N–H and O–H groups in total. The van der Waals surface area contributed by atoms with Crippen LogP contribution in [0.25, 0.3) is 0 Å². The van der Waals surface area contributed by atoms with Gasteiger partial charge in [0.15, 0.2) is 0 Å². The maximum Gasteiger partial charge on any atom is 0.0870 e. The Morgan fingerprint density at radius 1 is 0.350 bits per heavy atom. The largest absolute Gasteiger partial charge is 0.543 e. The van der Waals surface area contributed by atoms with Crippen LogP contribution in [0.3, 0.4) is 0 Å². The Morgan fingerprint density at radius 3 is 0.400 bits per heavy atom. The number of carboxylic acid groups (broad SMARTS) is 6. The monoisotopic (exact) mass is 746 g/mol. The summed E-state index contributed by atoms with van der Waals surface area (Å²) in [4.78, 5) is 53.6. The smallest absolute Gasteiger partial charge is 0.0870 e. The predicted octanol–water partition coefficient (Wildman–Crippen LogP) is -10.5.